The van der Waals surface area contributed by atoms with Gasteiger partial charge in [-0.2, -0.15) is 0 Å². The van der Waals surface area contributed by atoms with Crippen LogP contribution in [0.25, 0.3) is 0 Å². The highest BCUT2D eigenvalue weighted by molar-refractivity contribution is 5.94. The van der Waals surface area contributed by atoms with E-state index in [1.165, 1.54) is 12.1 Å². The second-order valence-corrected chi connectivity index (χ2v) is 5.30. The molecular formula is C17H18N2O5. The molecule has 0 aliphatic rings. The van der Waals surface area contributed by atoms with Gasteiger partial charge in [0.05, 0.1) is 11.0 Å². The van der Waals surface area contributed by atoms with Gasteiger partial charge in [-0.15, -0.1) is 0 Å². The zero-order valence-electron chi connectivity index (χ0n) is 13.1. The summed E-state index contributed by atoms with van der Waals surface area (Å²) in [5.74, 6) is 0.169. The van der Waals surface area contributed by atoms with Crippen LogP contribution < -0.4 is 10.1 Å². The summed E-state index contributed by atoms with van der Waals surface area (Å²) < 4.78 is 5.59. The quantitative estimate of drug-likeness (QED) is 0.599. The van der Waals surface area contributed by atoms with E-state index in [-0.39, 0.29) is 24.7 Å². The Morgan fingerprint density at radius 1 is 1.29 bits per heavy atom. The van der Waals surface area contributed by atoms with Crippen molar-refractivity contribution in [2.45, 2.75) is 19.6 Å². The van der Waals surface area contributed by atoms with Gasteiger partial charge in [0, 0.05) is 24.2 Å². The lowest BCUT2D eigenvalue weighted by Crippen LogP contribution is -2.30. The van der Waals surface area contributed by atoms with E-state index in [0.29, 0.717) is 16.9 Å². The molecule has 1 atom stereocenters. The number of aliphatic hydroxyl groups excluding tert-OH is 1. The van der Waals surface area contributed by atoms with E-state index in [1.54, 1.807) is 43.3 Å². The zero-order chi connectivity index (χ0) is 17.5. The molecule has 0 aliphatic carbocycles. The Morgan fingerprint density at radius 3 is 2.75 bits per heavy atom. The molecule has 0 saturated carbocycles. The van der Waals surface area contributed by atoms with E-state index in [4.69, 9.17) is 4.74 Å². The predicted octanol–water partition coefficient (Wildman–Crippen LogP) is 2.28. The first-order chi connectivity index (χ1) is 11.5. The lowest BCUT2D eigenvalue weighted by Gasteiger charge is -2.10. The minimum atomic E-state index is -0.623. The average molecular weight is 330 g/mol. The van der Waals surface area contributed by atoms with Gasteiger partial charge in [-0.25, -0.2) is 0 Å². The maximum absolute atomic E-state index is 11.9. The molecule has 0 aromatic heterocycles. The number of rotatable bonds is 7. The number of hydrogen-bond donors (Lipinski definition) is 2. The molecule has 0 fully saturated rings. The van der Waals surface area contributed by atoms with Crippen molar-refractivity contribution in [3.63, 3.8) is 0 Å². The van der Waals surface area contributed by atoms with Crippen LogP contribution in [0.2, 0.25) is 0 Å². The Kier molecular flexibility index (Phi) is 5.86. The van der Waals surface area contributed by atoms with Crippen LogP contribution in [-0.4, -0.2) is 28.6 Å². The van der Waals surface area contributed by atoms with Crippen molar-refractivity contribution >= 4 is 11.6 Å². The SMILES string of the molecule is CC(O)CNC(=O)c1cccc(OCc2cccc([N+](=O)[O-])c2)c1. The summed E-state index contributed by atoms with van der Waals surface area (Å²) >= 11 is 0. The predicted molar refractivity (Wildman–Crippen MR) is 87.9 cm³/mol. The van der Waals surface area contributed by atoms with E-state index >= 15 is 0 Å². The molecule has 2 aromatic rings. The van der Waals surface area contributed by atoms with E-state index < -0.39 is 11.0 Å². The van der Waals surface area contributed by atoms with Gasteiger partial charge < -0.3 is 15.2 Å². The summed E-state index contributed by atoms with van der Waals surface area (Å²) in [6.45, 7) is 1.90. The number of carbonyl (C=O) groups is 1. The van der Waals surface area contributed by atoms with Gasteiger partial charge in [0.1, 0.15) is 12.4 Å². The number of non-ortho nitro benzene ring substituents is 1. The van der Waals surface area contributed by atoms with Crippen LogP contribution in [0.3, 0.4) is 0 Å². The number of nitrogens with one attached hydrogen (secondary N) is 1. The van der Waals surface area contributed by atoms with Crippen molar-refractivity contribution in [1.82, 2.24) is 5.32 Å². The molecule has 1 unspecified atom stereocenters. The summed E-state index contributed by atoms with van der Waals surface area (Å²) in [7, 11) is 0. The number of ether oxygens (including phenoxy) is 1. The Hall–Kier alpha value is -2.93. The number of hydrogen-bond acceptors (Lipinski definition) is 5. The second-order valence-electron chi connectivity index (χ2n) is 5.30. The van der Waals surface area contributed by atoms with Crippen LogP contribution in [0.4, 0.5) is 5.69 Å². The number of amides is 1. The van der Waals surface area contributed by atoms with E-state index in [2.05, 4.69) is 5.32 Å². The smallest absolute Gasteiger partial charge is 0.269 e. The molecular weight excluding hydrogens is 312 g/mol. The maximum Gasteiger partial charge on any atom is 0.269 e. The fourth-order valence-corrected chi connectivity index (χ4v) is 2.00. The minimum absolute atomic E-state index is 0.00218. The normalized spacial score (nSPS) is 11.6. The molecule has 1 amide bonds. The van der Waals surface area contributed by atoms with Crippen molar-refractivity contribution in [2.75, 3.05) is 6.54 Å². The van der Waals surface area contributed by atoms with Crippen LogP contribution in [0.15, 0.2) is 48.5 Å². The Bertz CT molecular complexity index is 730. The first-order valence-corrected chi connectivity index (χ1v) is 7.38. The summed E-state index contributed by atoms with van der Waals surface area (Å²) in [4.78, 5) is 22.2. The number of aliphatic hydroxyl groups is 1. The molecule has 2 aromatic carbocycles. The molecule has 0 heterocycles. The molecule has 7 nitrogen and oxygen atoms in total. The van der Waals surface area contributed by atoms with Crippen LogP contribution >= 0.6 is 0 Å². The number of nitrogens with zero attached hydrogens (tertiary/aromatic N) is 1. The van der Waals surface area contributed by atoms with Gasteiger partial charge >= 0.3 is 0 Å². The Morgan fingerprint density at radius 2 is 2.04 bits per heavy atom. The first-order valence-electron chi connectivity index (χ1n) is 7.38. The van der Waals surface area contributed by atoms with Gasteiger partial charge in [-0.05, 0) is 30.7 Å². The lowest BCUT2D eigenvalue weighted by atomic mass is 10.2. The minimum Gasteiger partial charge on any atom is -0.489 e. The number of carbonyl (C=O) groups excluding carboxylic acids is 1. The van der Waals surface area contributed by atoms with Gasteiger partial charge in [0.25, 0.3) is 11.6 Å². The third-order valence-corrected chi connectivity index (χ3v) is 3.18. The summed E-state index contributed by atoms with van der Waals surface area (Å²) in [5.41, 5.74) is 1.07. The third-order valence-electron chi connectivity index (χ3n) is 3.18. The molecule has 0 spiro atoms. The molecule has 0 radical (unpaired) electrons. The molecule has 0 aliphatic heterocycles. The second kappa shape index (κ2) is 8.07. The summed E-state index contributed by atoms with van der Waals surface area (Å²) in [6.07, 6.45) is -0.623. The van der Waals surface area contributed by atoms with Gasteiger partial charge in [-0.3, -0.25) is 14.9 Å². The number of nitro groups is 1. The van der Waals surface area contributed by atoms with Gasteiger partial charge in [-0.1, -0.05) is 18.2 Å². The fraction of sp³-hybridized carbons (Fsp3) is 0.235. The molecule has 7 heteroatoms. The fourth-order valence-electron chi connectivity index (χ4n) is 2.00. The highest BCUT2D eigenvalue weighted by Crippen LogP contribution is 2.18. The van der Waals surface area contributed by atoms with Crippen molar-refractivity contribution in [3.8, 4) is 5.75 Å². The van der Waals surface area contributed by atoms with E-state index in [0.717, 1.165) is 0 Å². The lowest BCUT2D eigenvalue weighted by molar-refractivity contribution is -0.384. The monoisotopic (exact) mass is 330 g/mol. The third kappa shape index (κ3) is 5.06. The first kappa shape index (κ1) is 17.4. The summed E-state index contributed by atoms with van der Waals surface area (Å²) in [5, 5.41) is 22.5. The van der Waals surface area contributed by atoms with E-state index in [1.807, 2.05) is 0 Å². The van der Waals surface area contributed by atoms with Crippen LogP contribution in [-0.2, 0) is 6.61 Å². The summed E-state index contributed by atoms with van der Waals surface area (Å²) in [6, 6.07) is 12.8. The van der Waals surface area contributed by atoms with Crippen molar-refractivity contribution < 1.29 is 19.6 Å². The van der Waals surface area contributed by atoms with Gasteiger partial charge in [0.2, 0.25) is 0 Å². The number of nitro benzene ring substituents is 1. The maximum atomic E-state index is 11.9. The van der Waals surface area contributed by atoms with Crippen molar-refractivity contribution in [1.29, 1.82) is 0 Å². The van der Waals surface area contributed by atoms with E-state index in [9.17, 15) is 20.0 Å². The molecule has 126 valence electrons. The number of benzene rings is 2. The molecule has 0 bridgehead atoms. The molecule has 24 heavy (non-hydrogen) atoms. The van der Waals surface area contributed by atoms with Crippen LogP contribution in [0.1, 0.15) is 22.8 Å². The largest absolute Gasteiger partial charge is 0.489 e. The average Bonchev–Trinajstić information content (AvgIpc) is 2.58. The Balaban J connectivity index is 2.00. The molecule has 0 saturated heterocycles. The van der Waals surface area contributed by atoms with Crippen molar-refractivity contribution in [3.05, 3.63) is 69.8 Å². The van der Waals surface area contributed by atoms with Crippen LogP contribution in [0.5, 0.6) is 5.75 Å². The molecule has 2 N–H and O–H groups in total. The highest BCUT2D eigenvalue weighted by Gasteiger charge is 2.09. The Labute approximate surface area is 139 Å². The topological polar surface area (TPSA) is 102 Å². The standard InChI is InChI=1S/C17H18N2O5/c1-12(20)10-18-17(21)14-5-3-7-16(9-14)24-11-13-4-2-6-15(8-13)19(22)23/h2-9,12,20H,10-11H2,1H3,(H,18,21). The molecule has 2 rings (SSSR count). The van der Waals surface area contributed by atoms with Crippen molar-refractivity contribution in [2.24, 2.45) is 0 Å². The van der Waals surface area contributed by atoms with Gasteiger partial charge in [0.15, 0.2) is 0 Å². The zero-order valence-corrected chi connectivity index (χ0v) is 13.1. The highest BCUT2D eigenvalue weighted by atomic mass is 16.6. The van der Waals surface area contributed by atoms with Crippen LogP contribution in [0, 0.1) is 10.1 Å².